The SMILES string of the molecule is Cc1ccc(Cn2c(N3CCN(C(=O)Nc4ccccc4)CC3)nc3c2c(=O)n(C)c(=O)n3C)cc1. The van der Waals surface area contributed by atoms with Crippen LogP contribution in [0.4, 0.5) is 16.4 Å². The lowest BCUT2D eigenvalue weighted by Crippen LogP contribution is -2.50. The van der Waals surface area contributed by atoms with Crippen molar-refractivity contribution in [2.24, 2.45) is 14.1 Å². The molecule has 1 N–H and O–H groups in total. The summed E-state index contributed by atoms with van der Waals surface area (Å²) in [7, 11) is 3.11. The maximum absolute atomic E-state index is 13.2. The molecule has 5 rings (SSSR count). The van der Waals surface area contributed by atoms with Crippen LogP contribution >= 0.6 is 0 Å². The van der Waals surface area contributed by atoms with Gasteiger partial charge in [0.2, 0.25) is 5.95 Å². The summed E-state index contributed by atoms with van der Waals surface area (Å²) >= 11 is 0. The van der Waals surface area contributed by atoms with Crippen LogP contribution in [0.25, 0.3) is 11.2 Å². The zero-order valence-corrected chi connectivity index (χ0v) is 20.6. The van der Waals surface area contributed by atoms with E-state index in [1.54, 1.807) is 11.9 Å². The van der Waals surface area contributed by atoms with E-state index in [4.69, 9.17) is 4.98 Å². The van der Waals surface area contributed by atoms with E-state index in [0.717, 1.165) is 21.4 Å². The number of aromatic nitrogens is 4. The number of nitrogens with zero attached hydrogens (tertiary/aromatic N) is 6. The van der Waals surface area contributed by atoms with Gasteiger partial charge in [-0.15, -0.1) is 0 Å². The van der Waals surface area contributed by atoms with Crippen molar-refractivity contribution in [3.63, 3.8) is 0 Å². The van der Waals surface area contributed by atoms with E-state index in [1.165, 1.54) is 11.6 Å². The van der Waals surface area contributed by atoms with E-state index in [0.29, 0.717) is 49.8 Å². The van der Waals surface area contributed by atoms with Crippen LogP contribution in [0.3, 0.4) is 0 Å². The minimum atomic E-state index is -0.415. The molecular formula is C26H29N7O3. The molecule has 0 atom stereocenters. The Morgan fingerprint density at radius 3 is 2.25 bits per heavy atom. The van der Waals surface area contributed by atoms with Gasteiger partial charge in [-0.2, -0.15) is 4.98 Å². The maximum atomic E-state index is 13.2. The minimum absolute atomic E-state index is 0.148. The van der Waals surface area contributed by atoms with Gasteiger partial charge in [0.1, 0.15) is 0 Å². The lowest BCUT2D eigenvalue weighted by molar-refractivity contribution is 0.208. The van der Waals surface area contributed by atoms with E-state index in [1.807, 2.05) is 66.1 Å². The van der Waals surface area contributed by atoms with Crippen molar-refractivity contribution in [1.82, 2.24) is 23.6 Å². The Balaban J connectivity index is 1.46. The third-order valence-corrected chi connectivity index (χ3v) is 6.66. The number of fused-ring (bicyclic) bond motifs is 1. The number of carbonyl (C=O) groups is 1. The average molecular weight is 488 g/mol. The quantitative estimate of drug-likeness (QED) is 0.476. The van der Waals surface area contributed by atoms with Crippen LogP contribution in [0.5, 0.6) is 0 Å². The summed E-state index contributed by atoms with van der Waals surface area (Å²) in [4.78, 5) is 47.1. The number of anilines is 2. The number of para-hydroxylation sites is 1. The first-order valence-electron chi connectivity index (χ1n) is 11.9. The lowest BCUT2D eigenvalue weighted by atomic mass is 10.1. The second-order valence-electron chi connectivity index (χ2n) is 9.13. The van der Waals surface area contributed by atoms with Gasteiger partial charge in [-0.05, 0) is 24.6 Å². The Bertz CT molecular complexity index is 1530. The van der Waals surface area contributed by atoms with E-state index in [-0.39, 0.29) is 11.6 Å². The average Bonchev–Trinajstić information content (AvgIpc) is 3.27. The molecule has 0 unspecified atom stereocenters. The molecule has 0 radical (unpaired) electrons. The smallest absolute Gasteiger partial charge is 0.332 e. The van der Waals surface area contributed by atoms with E-state index >= 15 is 0 Å². The van der Waals surface area contributed by atoms with Crippen molar-refractivity contribution >= 4 is 28.8 Å². The van der Waals surface area contributed by atoms with Gasteiger partial charge in [-0.3, -0.25) is 18.5 Å². The van der Waals surface area contributed by atoms with Gasteiger partial charge < -0.3 is 15.1 Å². The number of carbonyl (C=O) groups excluding carboxylic acids is 1. The van der Waals surface area contributed by atoms with Crippen LogP contribution in [0, 0.1) is 6.92 Å². The summed E-state index contributed by atoms with van der Waals surface area (Å²) in [6, 6.07) is 17.3. The third-order valence-electron chi connectivity index (χ3n) is 6.66. The van der Waals surface area contributed by atoms with Crippen LogP contribution in [-0.4, -0.2) is 55.8 Å². The van der Waals surface area contributed by atoms with E-state index < -0.39 is 5.69 Å². The highest BCUT2D eigenvalue weighted by atomic mass is 16.2. The fourth-order valence-corrected chi connectivity index (χ4v) is 4.54. The fraction of sp³-hybridized carbons (Fsp3) is 0.308. The number of urea groups is 1. The molecule has 0 spiro atoms. The highest BCUT2D eigenvalue weighted by Gasteiger charge is 2.27. The van der Waals surface area contributed by atoms with Crippen molar-refractivity contribution in [2.45, 2.75) is 13.5 Å². The summed E-state index contributed by atoms with van der Waals surface area (Å²) < 4.78 is 4.42. The van der Waals surface area contributed by atoms with Crippen molar-refractivity contribution in [3.8, 4) is 0 Å². The number of amides is 2. The number of nitrogens with one attached hydrogen (secondary N) is 1. The van der Waals surface area contributed by atoms with Crippen LogP contribution in [-0.2, 0) is 20.6 Å². The van der Waals surface area contributed by atoms with Crippen molar-refractivity contribution < 1.29 is 4.79 Å². The predicted molar refractivity (Wildman–Crippen MR) is 140 cm³/mol. The number of hydrogen-bond donors (Lipinski definition) is 1. The van der Waals surface area contributed by atoms with Crippen molar-refractivity contribution in [2.75, 3.05) is 36.4 Å². The molecular weight excluding hydrogens is 458 g/mol. The molecule has 36 heavy (non-hydrogen) atoms. The topological polar surface area (TPSA) is 97.4 Å². The number of imidazole rings is 1. The van der Waals surface area contributed by atoms with Gasteiger partial charge in [-0.1, -0.05) is 48.0 Å². The minimum Gasteiger partial charge on any atom is -0.339 e. The first-order chi connectivity index (χ1) is 17.3. The molecule has 4 aromatic rings. The van der Waals surface area contributed by atoms with Crippen LogP contribution < -0.4 is 21.5 Å². The standard InChI is InChI=1S/C26H29N7O3/c1-18-9-11-19(12-10-18)17-33-21-22(29(2)26(36)30(3)23(21)34)28-24(33)31-13-15-32(16-14-31)25(35)27-20-7-5-4-6-8-20/h4-12H,13-17H2,1-3H3,(H,27,35). The summed E-state index contributed by atoms with van der Waals surface area (Å²) in [5.74, 6) is 0.618. The molecule has 0 saturated carbocycles. The van der Waals surface area contributed by atoms with Gasteiger partial charge >= 0.3 is 11.7 Å². The highest BCUT2D eigenvalue weighted by Crippen LogP contribution is 2.23. The number of rotatable bonds is 4. The Morgan fingerprint density at radius 2 is 1.58 bits per heavy atom. The zero-order chi connectivity index (χ0) is 25.4. The normalized spacial score (nSPS) is 13.9. The molecule has 186 valence electrons. The first kappa shape index (κ1) is 23.4. The van der Waals surface area contributed by atoms with Crippen LogP contribution in [0.1, 0.15) is 11.1 Å². The molecule has 1 aliphatic heterocycles. The summed E-state index contributed by atoms with van der Waals surface area (Å²) in [6.07, 6.45) is 0. The van der Waals surface area contributed by atoms with E-state index in [2.05, 4.69) is 10.2 Å². The monoisotopic (exact) mass is 487 g/mol. The number of benzene rings is 2. The number of aryl methyl sites for hydroxylation is 2. The predicted octanol–water partition coefficient (Wildman–Crippen LogP) is 2.14. The Hall–Kier alpha value is -4.34. The molecule has 10 heteroatoms. The van der Waals surface area contributed by atoms with Gasteiger partial charge in [0.25, 0.3) is 5.56 Å². The second kappa shape index (κ2) is 9.37. The molecule has 1 saturated heterocycles. The molecule has 0 bridgehead atoms. The highest BCUT2D eigenvalue weighted by molar-refractivity contribution is 5.89. The van der Waals surface area contributed by atoms with Crippen LogP contribution in [0.2, 0.25) is 0 Å². The third kappa shape index (κ3) is 4.26. The number of hydrogen-bond acceptors (Lipinski definition) is 5. The van der Waals surface area contributed by atoms with E-state index in [9.17, 15) is 14.4 Å². The van der Waals surface area contributed by atoms with Crippen LogP contribution in [0.15, 0.2) is 64.2 Å². The number of piperazine rings is 1. The summed E-state index contributed by atoms with van der Waals surface area (Å²) in [6.45, 7) is 4.57. The zero-order valence-electron chi connectivity index (χ0n) is 20.6. The Labute approximate surface area is 208 Å². The Morgan fingerprint density at radius 1 is 0.917 bits per heavy atom. The second-order valence-corrected chi connectivity index (χ2v) is 9.13. The molecule has 10 nitrogen and oxygen atoms in total. The van der Waals surface area contributed by atoms with Gasteiger partial charge in [0, 0.05) is 46.0 Å². The van der Waals surface area contributed by atoms with Crippen molar-refractivity contribution in [1.29, 1.82) is 0 Å². The van der Waals surface area contributed by atoms with Gasteiger partial charge in [0.05, 0.1) is 6.54 Å². The molecule has 3 heterocycles. The molecule has 1 fully saturated rings. The summed E-state index contributed by atoms with van der Waals surface area (Å²) in [5, 5.41) is 2.93. The molecule has 2 amide bonds. The van der Waals surface area contributed by atoms with Gasteiger partial charge in [-0.25, -0.2) is 9.59 Å². The Kier molecular flexibility index (Phi) is 6.09. The first-order valence-corrected chi connectivity index (χ1v) is 11.9. The fourth-order valence-electron chi connectivity index (χ4n) is 4.54. The molecule has 0 aliphatic carbocycles. The molecule has 2 aromatic heterocycles. The molecule has 1 aliphatic rings. The largest absolute Gasteiger partial charge is 0.339 e. The van der Waals surface area contributed by atoms with Crippen molar-refractivity contribution in [3.05, 3.63) is 86.6 Å². The maximum Gasteiger partial charge on any atom is 0.332 e. The van der Waals surface area contributed by atoms with Gasteiger partial charge in [0.15, 0.2) is 11.2 Å². The molecule has 2 aromatic carbocycles. The lowest BCUT2D eigenvalue weighted by Gasteiger charge is -2.35. The summed E-state index contributed by atoms with van der Waals surface area (Å²) in [5.41, 5.74) is 2.88.